The maximum absolute atomic E-state index is 5.69. The lowest BCUT2D eigenvalue weighted by Crippen LogP contribution is -1.96. The van der Waals surface area contributed by atoms with Gasteiger partial charge >= 0.3 is 0 Å². The molecule has 1 aliphatic carbocycles. The Morgan fingerprint density at radius 2 is 1.95 bits per heavy atom. The van der Waals surface area contributed by atoms with Gasteiger partial charge in [0.25, 0.3) is 0 Å². The van der Waals surface area contributed by atoms with E-state index in [1.165, 1.54) is 18.4 Å². The Kier molecular flexibility index (Phi) is 2.70. The van der Waals surface area contributed by atoms with Gasteiger partial charge in [0.2, 0.25) is 4.96 Å². The molecule has 20 heavy (non-hydrogen) atoms. The highest BCUT2D eigenvalue weighted by Gasteiger charge is 2.29. The number of nitrogens with zero attached hydrogens (tertiary/aromatic N) is 4. The number of anilines is 1. The van der Waals surface area contributed by atoms with Gasteiger partial charge in [0.05, 0.1) is 0 Å². The van der Waals surface area contributed by atoms with Crippen molar-refractivity contribution in [3.05, 3.63) is 40.7 Å². The Balaban J connectivity index is 1.52. The van der Waals surface area contributed by atoms with E-state index in [-0.39, 0.29) is 0 Å². The molecule has 3 aromatic rings. The SMILES string of the molecule is Nc1ccc(CCc2nn3c(C4CC4)nnc3s2)cc1. The summed E-state index contributed by atoms with van der Waals surface area (Å²) < 4.78 is 1.93. The molecular weight excluding hydrogens is 270 g/mol. The molecule has 0 unspecified atom stereocenters. The first-order valence-corrected chi connectivity index (χ1v) is 7.67. The molecule has 4 rings (SSSR count). The van der Waals surface area contributed by atoms with Gasteiger partial charge in [-0.15, -0.1) is 10.2 Å². The van der Waals surface area contributed by atoms with E-state index >= 15 is 0 Å². The molecule has 1 aliphatic rings. The van der Waals surface area contributed by atoms with E-state index in [0.717, 1.165) is 34.3 Å². The van der Waals surface area contributed by atoms with Crippen LogP contribution in [0.3, 0.4) is 0 Å². The molecule has 1 saturated carbocycles. The van der Waals surface area contributed by atoms with Gasteiger partial charge in [-0.2, -0.15) is 9.61 Å². The summed E-state index contributed by atoms with van der Waals surface area (Å²) in [4.78, 5) is 0.916. The fraction of sp³-hybridized carbons (Fsp3) is 0.357. The predicted octanol–water partition coefficient (Wildman–Crippen LogP) is 2.43. The topological polar surface area (TPSA) is 69.1 Å². The molecular formula is C14H15N5S. The molecule has 0 amide bonds. The summed E-state index contributed by atoms with van der Waals surface area (Å²) in [5, 5.41) is 14.2. The highest BCUT2D eigenvalue weighted by Crippen LogP contribution is 2.39. The van der Waals surface area contributed by atoms with Gasteiger partial charge in [-0.05, 0) is 37.0 Å². The van der Waals surface area contributed by atoms with E-state index in [0.29, 0.717) is 5.92 Å². The molecule has 0 radical (unpaired) electrons. The first kappa shape index (κ1) is 11.8. The molecule has 1 aromatic carbocycles. The van der Waals surface area contributed by atoms with Crippen LogP contribution in [-0.2, 0) is 12.8 Å². The molecule has 0 spiro atoms. The first-order chi connectivity index (χ1) is 9.79. The fourth-order valence-corrected chi connectivity index (χ4v) is 3.14. The van der Waals surface area contributed by atoms with Crippen LogP contribution in [0.25, 0.3) is 4.96 Å². The molecule has 6 heteroatoms. The summed E-state index contributed by atoms with van der Waals surface area (Å²) in [6.07, 6.45) is 4.35. The number of aromatic nitrogens is 4. The van der Waals surface area contributed by atoms with E-state index in [2.05, 4.69) is 27.4 Å². The van der Waals surface area contributed by atoms with E-state index in [1.54, 1.807) is 11.3 Å². The summed E-state index contributed by atoms with van der Waals surface area (Å²) in [7, 11) is 0. The Hall–Kier alpha value is -1.95. The van der Waals surface area contributed by atoms with Crippen molar-refractivity contribution in [2.45, 2.75) is 31.6 Å². The van der Waals surface area contributed by atoms with Crippen LogP contribution < -0.4 is 5.73 Å². The second kappa shape index (κ2) is 4.56. The molecule has 0 aliphatic heterocycles. The van der Waals surface area contributed by atoms with Crippen molar-refractivity contribution >= 4 is 22.0 Å². The number of hydrogen-bond donors (Lipinski definition) is 1. The summed E-state index contributed by atoms with van der Waals surface area (Å²) in [6, 6.07) is 8.04. The Morgan fingerprint density at radius 3 is 2.70 bits per heavy atom. The minimum Gasteiger partial charge on any atom is -0.399 e. The molecule has 0 atom stereocenters. The van der Waals surface area contributed by atoms with E-state index < -0.39 is 0 Å². The van der Waals surface area contributed by atoms with Gasteiger partial charge < -0.3 is 5.73 Å². The van der Waals surface area contributed by atoms with Crippen molar-refractivity contribution in [3.63, 3.8) is 0 Å². The van der Waals surface area contributed by atoms with E-state index in [9.17, 15) is 0 Å². The van der Waals surface area contributed by atoms with Crippen LogP contribution in [0.4, 0.5) is 5.69 Å². The zero-order valence-electron chi connectivity index (χ0n) is 11.0. The average Bonchev–Trinajstić information content (AvgIpc) is 3.09. The number of nitrogen functional groups attached to an aromatic ring is 1. The summed E-state index contributed by atoms with van der Waals surface area (Å²) in [5.74, 6) is 1.62. The molecule has 0 saturated heterocycles. The van der Waals surface area contributed by atoms with Crippen molar-refractivity contribution in [2.24, 2.45) is 0 Å². The van der Waals surface area contributed by atoms with Gasteiger partial charge in [-0.1, -0.05) is 23.5 Å². The minimum atomic E-state index is 0.581. The third-order valence-electron chi connectivity index (χ3n) is 3.61. The number of benzene rings is 1. The maximum atomic E-state index is 5.69. The van der Waals surface area contributed by atoms with Crippen molar-refractivity contribution in [3.8, 4) is 0 Å². The highest BCUT2D eigenvalue weighted by atomic mass is 32.1. The van der Waals surface area contributed by atoms with Gasteiger partial charge in [-0.25, -0.2) is 0 Å². The fourth-order valence-electron chi connectivity index (χ4n) is 2.30. The van der Waals surface area contributed by atoms with E-state index in [4.69, 9.17) is 5.73 Å². The van der Waals surface area contributed by atoms with Crippen molar-refractivity contribution in [1.29, 1.82) is 0 Å². The Morgan fingerprint density at radius 1 is 1.15 bits per heavy atom. The van der Waals surface area contributed by atoms with Crippen LogP contribution >= 0.6 is 11.3 Å². The van der Waals surface area contributed by atoms with Crippen LogP contribution in [0.5, 0.6) is 0 Å². The molecule has 0 bridgehead atoms. The van der Waals surface area contributed by atoms with Gasteiger partial charge in [0.1, 0.15) is 5.01 Å². The molecule has 1 fully saturated rings. The quantitative estimate of drug-likeness (QED) is 0.747. The van der Waals surface area contributed by atoms with Crippen LogP contribution in [0.2, 0.25) is 0 Å². The van der Waals surface area contributed by atoms with Crippen molar-refractivity contribution < 1.29 is 0 Å². The largest absolute Gasteiger partial charge is 0.399 e. The van der Waals surface area contributed by atoms with Gasteiger partial charge in [-0.3, -0.25) is 0 Å². The number of hydrogen-bond acceptors (Lipinski definition) is 5. The minimum absolute atomic E-state index is 0.581. The highest BCUT2D eigenvalue weighted by molar-refractivity contribution is 7.16. The zero-order valence-corrected chi connectivity index (χ0v) is 11.8. The number of fused-ring (bicyclic) bond motifs is 1. The van der Waals surface area contributed by atoms with Gasteiger partial charge in [0, 0.05) is 18.0 Å². The molecule has 2 aromatic heterocycles. The van der Waals surface area contributed by atoms with Crippen LogP contribution in [0, 0.1) is 0 Å². The average molecular weight is 285 g/mol. The predicted molar refractivity (Wildman–Crippen MR) is 78.9 cm³/mol. The van der Waals surface area contributed by atoms with Crippen LogP contribution in [0.1, 0.15) is 35.2 Å². The maximum Gasteiger partial charge on any atom is 0.234 e. The van der Waals surface area contributed by atoms with Crippen LogP contribution in [-0.4, -0.2) is 19.8 Å². The Labute approximate surface area is 120 Å². The van der Waals surface area contributed by atoms with Crippen molar-refractivity contribution in [1.82, 2.24) is 19.8 Å². The first-order valence-electron chi connectivity index (χ1n) is 6.85. The zero-order chi connectivity index (χ0) is 13.5. The van der Waals surface area contributed by atoms with Crippen molar-refractivity contribution in [2.75, 3.05) is 5.73 Å². The smallest absolute Gasteiger partial charge is 0.234 e. The van der Waals surface area contributed by atoms with Crippen LogP contribution in [0.15, 0.2) is 24.3 Å². The lowest BCUT2D eigenvalue weighted by molar-refractivity contribution is 0.794. The second-order valence-corrected chi connectivity index (χ2v) is 6.30. The molecule has 2 N–H and O–H groups in total. The lowest BCUT2D eigenvalue weighted by Gasteiger charge is -1.99. The summed E-state index contributed by atoms with van der Waals surface area (Å²) in [5.41, 5.74) is 7.78. The lowest BCUT2D eigenvalue weighted by atomic mass is 10.1. The summed E-state index contributed by atoms with van der Waals surface area (Å²) in [6.45, 7) is 0. The summed E-state index contributed by atoms with van der Waals surface area (Å²) >= 11 is 1.64. The number of rotatable bonds is 4. The number of nitrogens with two attached hydrogens (primary N) is 1. The molecule has 102 valence electrons. The second-order valence-electron chi connectivity index (χ2n) is 5.26. The van der Waals surface area contributed by atoms with Gasteiger partial charge in [0.15, 0.2) is 5.82 Å². The third-order valence-corrected chi connectivity index (χ3v) is 4.57. The molecule has 5 nitrogen and oxygen atoms in total. The Bertz CT molecular complexity index is 739. The van der Waals surface area contributed by atoms with E-state index in [1.807, 2.05) is 16.6 Å². The number of aryl methyl sites for hydroxylation is 2. The normalized spacial score (nSPS) is 15.0. The molecule has 2 heterocycles. The third kappa shape index (κ3) is 2.16. The monoisotopic (exact) mass is 285 g/mol. The standard InChI is InChI=1S/C14H15N5S/c15-11-6-1-9(2-7-11)3-8-12-18-19-13(10-4-5-10)16-17-14(19)20-12/h1-2,6-7,10H,3-5,8,15H2.